The zero-order valence-corrected chi connectivity index (χ0v) is 48.5. The topological polar surface area (TPSA) is 368 Å². The average molecular weight is 1180 g/mol. The predicted octanol–water partition coefficient (Wildman–Crippen LogP) is 0.498. The van der Waals surface area contributed by atoms with E-state index in [1.165, 1.54) is 25.1 Å². The maximum absolute atomic E-state index is 14.7. The fourth-order valence-electron chi connectivity index (χ4n) is 18.2. The van der Waals surface area contributed by atoms with Crippen molar-refractivity contribution in [1.29, 1.82) is 0 Å². The van der Waals surface area contributed by atoms with E-state index >= 15 is 0 Å². The van der Waals surface area contributed by atoms with Gasteiger partial charge >= 0.3 is 17.9 Å². The number of aromatic hydroxyl groups is 1. The van der Waals surface area contributed by atoms with Crippen LogP contribution in [-0.2, 0) is 52.3 Å². The van der Waals surface area contributed by atoms with Crippen LogP contribution in [0, 0.1) is 56.2 Å². The number of phenolic OH excluding ortho intramolecular Hbond substituents is 1. The Labute approximate surface area is 482 Å². The number of rotatable bonds is 13. The first-order valence-corrected chi connectivity index (χ1v) is 29.5. The van der Waals surface area contributed by atoms with Crippen LogP contribution >= 0.6 is 0 Å². The Kier molecular flexibility index (Phi) is 16.8. The normalized spacial score (nSPS) is 49.8. The van der Waals surface area contributed by atoms with E-state index < -0.39 is 192 Å². The molecule has 2 bridgehead atoms. The van der Waals surface area contributed by atoms with E-state index in [4.69, 9.17) is 37.9 Å². The molecule has 12 N–H and O–H groups in total. The van der Waals surface area contributed by atoms with Crippen molar-refractivity contribution < 1.29 is 114 Å². The van der Waals surface area contributed by atoms with Gasteiger partial charge in [0.15, 0.2) is 12.6 Å². The minimum atomic E-state index is -1.97. The summed E-state index contributed by atoms with van der Waals surface area (Å²) in [6, 6.07) is 5.98. The molecule has 3 saturated heterocycles. The van der Waals surface area contributed by atoms with Gasteiger partial charge in [0.2, 0.25) is 0 Å². The number of hydrogen-bond donors (Lipinski definition) is 12. The van der Waals surface area contributed by atoms with Gasteiger partial charge in [0.25, 0.3) is 0 Å². The molecule has 0 aromatic heterocycles. The van der Waals surface area contributed by atoms with Crippen molar-refractivity contribution in [3.63, 3.8) is 0 Å². The van der Waals surface area contributed by atoms with E-state index in [-0.39, 0.29) is 35.8 Å². The van der Waals surface area contributed by atoms with E-state index in [9.17, 15) is 75.7 Å². The molecule has 23 heteroatoms. The average Bonchev–Trinajstić information content (AvgIpc) is 1.60. The van der Waals surface area contributed by atoms with Crippen LogP contribution in [-0.4, -0.2) is 215 Å². The van der Waals surface area contributed by atoms with Gasteiger partial charge in [-0.1, -0.05) is 60.6 Å². The first kappa shape index (κ1) is 62.6. The van der Waals surface area contributed by atoms with Crippen LogP contribution in [0.1, 0.15) is 119 Å². The number of hydrogen-bond acceptors (Lipinski definition) is 23. The van der Waals surface area contributed by atoms with Gasteiger partial charge in [-0.2, -0.15) is 0 Å². The highest BCUT2D eigenvalue weighted by molar-refractivity contribution is 5.87. The molecule has 0 amide bonds. The van der Waals surface area contributed by atoms with Crippen LogP contribution in [0.4, 0.5) is 0 Å². The van der Waals surface area contributed by atoms with Crippen molar-refractivity contribution in [2.24, 2.45) is 56.2 Å². The van der Waals surface area contributed by atoms with E-state index in [0.717, 1.165) is 6.08 Å². The molecule has 3 heterocycles. The second-order valence-electron chi connectivity index (χ2n) is 27.8. The first-order chi connectivity index (χ1) is 38.8. The molecule has 9 fully saturated rings. The summed E-state index contributed by atoms with van der Waals surface area (Å²) in [7, 11) is 0. The Morgan fingerprint density at radius 2 is 1.34 bits per heavy atom. The smallest absolute Gasteiger partial charge is 0.330 e. The molecule has 6 aliphatic carbocycles. The largest absolute Gasteiger partial charge is 0.508 e. The number of carbonyl (C=O) groups excluding carboxylic acids is 3. The lowest BCUT2D eigenvalue weighted by atomic mass is 9.30. The number of ether oxygens (including phenoxy) is 8. The SMILES string of the molecule is CC(=O)OC1C(O)C(C)(C)CC2C13C(=O)OC21CCC2C4(C)CCC(OC5OC(COC6CC(CO)C(O)C(O)C6O)C(O)C(O)C5OC5OC(COC(=O)C=Cc6ccc(O)cc6)C(O)C(O)C5O)C(C)(C)C4CCC2(C)C1(C)CC3O. The standard InChI is InChI=1S/C60H88O23/c1-27(62)78-50-49(74)54(2,3)22-36-59-20-16-35-56(6)18-17-38(55(4,5)34(56)15-19-57(35,7)58(59,8)23-37(64)60(36,50)53(75)83-59)81-52-48(46(72)43(69)32(80-52)25-76-31-21-29(24-61)40(66)44(70)41(31)67)82-51-47(73)45(71)42(68)33(79-51)26-77-39(65)14-11-28-9-12-30(63)13-10-28/h9-14,29,31-38,40-52,61,63-64,66-74H,15-26H2,1-8H3. The van der Waals surface area contributed by atoms with Crippen molar-refractivity contribution in [2.45, 2.75) is 229 Å². The van der Waals surface area contributed by atoms with Gasteiger partial charge in [-0.15, -0.1) is 0 Å². The number of benzene rings is 1. The summed E-state index contributed by atoms with van der Waals surface area (Å²) in [5.41, 5.74) is -5.26. The van der Waals surface area contributed by atoms with Crippen LogP contribution in [0.25, 0.3) is 6.08 Å². The number of carbonyl (C=O) groups is 3. The summed E-state index contributed by atoms with van der Waals surface area (Å²) in [4.78, 5) is 40.1. The second-order valence-corrected chi connectivity index (χ2v) is 27.8. The summed E-state index contributed by atoms with van der Waals surface area (Å²) < 4.78 is 49.8. The van der Waals surface area contributed by atoms with Gasteiger partial charge in [-0.05, 0) is 115 Å². The summed E-state index contributed by atoms with van der Waals surface area (Å²) >= 11 is 0. The fourth-order valence-corrected chi connectivity index (χ4v) is 18.2. The molecule has 1 spiro atoms. The Morgan fingerprint density at radius 3 is 2.01 bits per heavy atom. The van der Waals surface area contributed by atoms with Crippen molar-refractivity contribution >= 4 is 24.0 Å². The lowest BCUT2D eigenvalue weighted by Crippen LogP contribution is -2.77. The van der Waals surface area contributed by atoms with Gasteiger partial charge < -0.3 is 99.2 Å². The van der Waals surface area contributed by atoms with Crippen molar-refractivity contribution in [2.75, 3.05) is 19.8 Å². The van der Waals surface area contributed by atoms with E-state index in [0.29, 0.717) is 50.5 Å². The fraction of sp³-hybridized carbons (Fsp3) is 0.817. The molecule has 1 aromatic carbocycles. The summed E-state index contributed by atoms with van der Waals surface area (Å²) in [5, 5.41) is 133. The minimum absolute atomic E-state index is 0.0259. The van der Waals surface area contributed by atoms with Crippen LogP contribution in [0.15, 0.2) is 30.3 Å². The van der Waals surface area contributed by atoms with Gasteiger partial charge in [0, 0.05) is 36.9 Å². The van der Waals surface area contributed by atoms with Crippen molar-refractivity contribution in [1.82, 2.24) is 0 Å². The Hall–Kier alpha value is -3.47. The van der Waals surface area contributed by atoms with Crippen LogP contribution < -0.4 is 0 Å². The second kappa shape index (κ2) is 22.3. The van der Waals surface area contributed by atoms with Gasteiger partial charge in [-0.3, -0.25) is 9.59 Å². The molecule has 27 atom stereocenters. The number of esters is 3. The molecule has 83 heavy (non-hydrogen) atoms. The van der Waals surface area contributed by atoms with Gasteiger partial charge in [0.1, 0.15) is 90.5 Å². The monoisotopic (exact) mass is 1180 g/mol. The molecular weight excluding hydrogens is 1090 g/mol. The lowest BCUT2D eigenvalue weighted by Gasteiger charge is -2.74. The minimum Gasteiger partial charge on any atom is -0.508 e. The molecule has 23 nitrogen and oxygen atoms in total. The van der Waals surface area contributed by atoms with E-state index in [1.54, 1.807) is 12.1 Å². The number of fused-ring (bicyclic) bond motifs is 4. The van der Waals surface area contributed by atoms with Crippen LogP contribution in [0.3, 0.4) is 0 Å². The molecular formula is C60H88O23. The molecule has 466 valence electrons. The van der Waals surface area contributed by atoms with E-state index in [2.05, 4.69) is 34.6 Å². The third-order valence-electron chi connectivity index (χ3n) is 22.9. The number of aliphatic hydroxyl groups excluding tert-OH is 11. The lowest BCUT2D eigenvalue weighted by molar-refractivity contribution is -0.380. The number of aliphatic hydroxyl groups is 11. The Bertz CT molecular complexity index is 2580. The van der Waals surface area contributed by atoms with Crippen molar-refractivity contribution in [3.8, 4) is 5.75 Å². The zero-order valence-electron chi connectivity index (χ0n) is 48.5. The van der Waals surface area contributed by atoms with Gasteiger partial charge in [-0.25, -0.2) is 4.79 Å². The Balaban J connectivity index is 0.904. The first-order valence-electron chi connectivity index (χ1n) is 29.5. The molecule has 0 radical (unpaired) electrons. The van der Waals surface area contributed by atoms with Gasteiger partial charge in [0.05, 0.1) is 37.1 Å². The maximum Gasteiger partial charge on any atom is 0.330 e. The number of phenols is 1. The molecule has 1 aromatic rings. The summed E-state index contributed by atoms with van der Waals surface area (Å²) in [6.07, 6.45) is -21.2. The highest BCUT2D eigenvalue weighted by atomic mass is 16.8. The van der Waals surface area contributed by atoms with Crippen LogP contribution in [0.2, 0.25) is 0 Å². The van der Waals surface area contributed by atoms with E-state index in [1.807, 2.05) is 13.8 Å². The molecule has 9 aliphatic rings. The quantitative estimate of drug-likeness (QED) is 0.0554. The zero-order chi connectivity index (χ0) is 60.5. The maximum atomic E-state index is 14.7. The summed E-state index contributed by atoms with van der Waals surface area (Å²) in [5.74, 6) is -3.57. The molecule has 27 unspecified atom stereocenters. The Morgan fingerprint density at radius 1 is 0.699 bits per heavy atom. The summed E-state index contributed by atoms with van der Waals surface area (Å²) in [6.45, 7) is 14.3. The third kappa shape index (κ3) is 9.81. The predicted molar refractivity (Wildman–Crippen MR) is 286 cm³/mol. The molecule has 3 aliphatic heterocycles. The highest BCUT2D eigenvalue weighted by Crippen LogP contribution is 2.81. The highest BCUT2D eigenvalue weighted by Gasteiger charge is 2.86. The molecule has 10 rings (SSSR count). The molecule has 6 saturated carbocycles. The van der Waals surface area contributed by atoms with Crippen molar-refractivity contribution in [3.05, 3.63) is 35.9 Å². The third-order valence-corrected chi connectivity index (χ3v) is 22.9. The van der Waals surface area contributed by atoms with Crippen LogP contribution in [0.5, 0.6) is 5.75 Å².